The normalized spacial score (nSPS) is 23.3. The first-order chi connectivity index (χ1) is 9.76. The third-order valence-corrected chi connectivity index (χ3v) is 3.82. The van der Waals surface area contributed by atoms with Crippen molar-refractivity contribution >= 4 is 0 Å². The molecule has 1 aliphatic heterocycles. The number of hydrogen-bond acceptors (Lipinski definition) is 6. The van der Waals surface area contributed by atoms with Gasteiger partial charge in [0.1, 0.15) is 5.69 Å². The van der Waals surface area contributed by atoms with Gasteiger partial charge < -0.3 is 10.3 Å². The standard InChI is InChI=1S/C14H19N5O/c1-10-6-11(7-15)8-19(10)9-13-17-14(18-20-13)12-4-2-3-5-16-12/h2-5,10-11H,6-9,15H2,1H3. The van der Waals surface area contributed by atoms with Crippen molar-refractivity contribution in [1.82, 2.24) is 20.0 Å². The van der Waals surface area contributed by atoms with Crippen molar-refractivity contribution in [2.45, 2.75) is 25.9 Å². The van der Waals surface area contributed by atoms with E-state index in [2.05, 4.69) is 26.9 Å². The van der Waals surface area contributed by atoms with Crippen LogP contribution in [0.3, 0.4) is 0 Å². The van der Waals surface area contributed by atoms with Crippen molar-refractivity contribution in [1.29, 1.82) is 0 Å². The fourth-order valence-corrected chi connectivity index (χ4v) is 2.70. The molecule has 2 N–H and O–H groups in total. The second-order valence-electron chi connectivity index (χ2n) is 5.34. The minimum Gasteiger partial charge on any atom is -0.337 e. The molecule has 3 rings (SSSR count). The maximum atomic E-state index is 5.75. The molecule has 20 heavy (non-hydrogen) atoms. The molecule has 0 aliphatic carbocycles. The predicted molar refractivity (Wildman–Crippen MR) is 74.6 cm³/mol. The number of rotatable bonds is 4. The Hall–Kier alpha value is -1.79. The number of nitrogens with two attached hydrogens (primary N) is 1. The zero-order valence-electron chi connectivity index (χ0n) is 11.6. The molecule has 1 fully saturated rings. The SMILES string of the molecule is CC1CC(CN)CN1Cc1nc(-c2ccccn2)no1. The van der Waals surface area contributed by atoms with Gasteiger partial charge in [-0.15, -0.1) is 0 Å². The van der Waals surface area contributed by atoms with E-state index in [9.17, 15) is 0 Å². The number of hydrogen-bond donors (Lipinski definition) is 1. The molecule has 0 aromatic carbocycles. The van der Waals surface area contributed by atoms with E-state index in [-0.39, 0.29) is 0 Å². The monoisotopic (exact) mass is 273 g/mol. The summed E-state index contributed by atoms with van der Waals surface area (Å²) < 4.78 is 5.32. The Morgan fingerprint density at radius 1 is 1.45 bits per heavy atom. The fourth-order valence-electron chi connectivity index (χ4n) is 2.70. The minimum atomic E-state index is 0.508. The van der Waals surface area contributed by atoms with Gasteiger partial charge in [0.2, 0.25) is 11.7 Å². The summed E-state index contributed by atoms with van der Waals surface area (Å²) in [6.07, 6.45) is 2.86. The van der Waals surface area contributed by atoms with Crippen LogP contribution in [0.15, 0.2) is 28.9 Å². The first kappa shape index (κ1) is 13.2. The van der Waals surface area contributed by atoms with E-state index >= 15 is 0 Å². The van der Waals surface area contributed by atoms with E-state index in [4.69, 9.17) is 10.3 Å². The van der Waals surface area contributed by atoms with Crippen molar-refractivity contribution in [3.05, 3.63) is 30.3 Å². The molecule has 2 aromatic heterocycles. The zero-order valence-corrected chi connectivity index (χ0v) is 11.6. The summed E-state index contributed by atoms with van der Waals surface area (Å²) >= 11 is 0. The van der Waals surface area contributed by atoms with E-state index in [0.717, 1.165) is 25.2 Å². The third-order valence-electron chi connectivity index (χ3n) is 3.82. The molecule has 6 heteroatoms. The van der Waals surface area contributed by atoms with Crippen LogP contribution in [0, 0.1) is 5.92 Å². The van der Waals surface area contributed by atoms with Gasteiger partial charge in [-0.05, 0) is 37.9 Å². The van der Waals surface area contributed by atoms with Crippen LogP contribution in [-0.2, 0) is 6.54 Å². The van der Waals surface area contributed by atoms with E-state index in [0.29, 0.717) is 30.2 Å². The Kier molecular flexibility index (Phi) is 3.75. The number of aromatic nitrogens is 3. The lowest BCUT2D eigenvalue weighted by Gasteiger charge is -2.18. The largest absolute Gasteiger partial charge is 0.337 e. The zero-order chi connectivity index (χ0) is 13.9. The van der Waals surface area contributed by atoms with Crippen LogP contribution >= 0.6 is 0 Å². The molecule has 0 bridgehead atoms. The summed E-state index contributed by atoms with van der Waals surface area (Å²) in [4.78, 5) is 11.0. The molecule has 2 atom stereocenters. The molecule has 2 unspecified atom stereocenters. The molecule has 0 amide bonds. The molecule has 6 nitrogen and oxygen atoms in total. The van der Waals surface area contributed by atoms with Gasteiger partial charge in [0, 0.05) is 18.8 Å². The highest BCUT2D eigenvalue weighted by atomic mass is 16.5. The Morgan fingerprint density at radius 3 is 3.05 bits per heavy atom. The van der Waals surface area contributed by atoms with Crippen molar-refractivity contribution in [3.63, 3.8) is 0 Å². The Labute approximate surface area is 118 Å². The maximum absolute atomic E-state index is 5.75. The van der Waals surface area contributed by atoms with Crippen LogP contribution in [0.25, 0.3) is 11.5 Å². The summed E-state index contributed by atoms with van der Waals surface area (Å²) in [5, 5.41) is 3.99. The van der Waals surface area contributed by atoms with E-state index < -0.39 is 0 Å². The first-order valence-electron chi connectivity index (χ1n) is 6.94. The highest BCUT2D eigenvalue weighted by Crippen LogP contribution is 2.24. The molecule has 0 radical (unpaired) electrons. The van der Waals surface area contributed by atoms with Gasteiger partial charge in [-0.1, -0.05) is 11.2 Å². The molecular weight excluding hydrogens is 254 g/mol. The molecule has 3 heterocycles. The Morgan fingerprint density at radius 2 is 2.35 bits per heavy atom. The minimum absolute atomic E-state index is 0.508. The van der Waals surface area contributed by atoms with Crippen LogP contribution in [-0.4, -0.2) is 39.2 Å². The molecule has 1 saturated heterocycles. The van der Waals surface area contributed by atoms with Gasteiger partial charge in [-0.3, -0.25) is 9.88 Å². The van der Waals surface area contributed by atoms with Crippen molar-refractivity contribution in [3.8, 4) is 11.5 Å². The number of likely N-dealkylation sites (tertiary alicyclic amines) is 1. The lowest BCUT2D eigenvalue weighted by Crippen LogP contribution is -2.27. The van der Waals surface area contributed by atoms with Gasteiger partial charge >= 0.3 is 0 Å². The molecular formula is C14H19N5O. The second kappa shape index (κ2) is 5.68. The fraction of sp³-hybridized carbons (Fsp3) is 0.500. The Bertz CT molecular complexity index is 556. The van der Waals surface area contributed by atoms with E-state index in [1.807, 2.05) is 18.2 Å². The average Bonchev–Trinajstić information content (AvgIpc) is 3.08. The molecule has 0 spiro atoms. The van der Waals surface area contributed by atoms with E-state index in [1.54, 1.807) is 6.20 Å². The first-order valence-corrected chi connectivity index (χ1v) is 6.94. The van der Waals surface area contributed by atoms with E-state index in [1.165, 1.54) is 0 Å². The summed E-state index contributed by atoms with van der Waals surface area (Å²) in [5.74, 6) is 1.75. The van der Waals surface area contributed by atoms with Crippen LogP contribution in [0.5, 0.6) is 0 Å². The number of pyridine rings is 1. The quantitative estimate of drug-likeness (QED) is 0.904. The van der Waals surface area contributed by atoms with Crippen molar-refractivity contribution in [2.24, 2.45) is 11.7 Å². The lowest BCUT2D eigenvalue weighted by molar-refractivity contribution is 0.218. The van der Waals surface area contributed by atoms with Crippen LogP contribution in [0.4, 0.5) is 0 Å². The van der Waals surface area contributed by atoms with Crippen molar-refractivity contribution in [2.75, 3.05) is 13.1 Å². The number of nitrogens with zero attached hydrogens (tertiary/aromatic N) is 4. The van der Waals surface area contributed by atoms with Gasteiger partial charge in [-0.2, -0.15) is 4.98 Å². The maximum Gasteiger partial charge on any atom is 0.241 e. The van der Waals surface area contributed by atoms with Crippen LogP contribution < -0.4 is 5.73 Å². The van der Waals surface area contributed by atoms with Crippen LogP contribution in [0.1, 0.15) is 19.2 Å². The summed E-state index contributed by atoms with van der Waals surface area (Å²) in [6.45, 7) is 4.63. The van der Waals surface area contributed by atoms with Crippen LogP contribution in [0.2, 0.25) is 0 Å². The average molecular weight is 273 g/mol. The molecule has 1 aliphatic rings. The Balaban J connectivity index is 1.69. The van der Waals surface area contributed by atoms with Gasteiger partial charge in [-0.25, -0.2) is 0 Å². The highest BCUT2D eigenvalue weighted by molar-refractivity contribution is 5.46. The molecule has 2 aromatic rings. The summed E-state index contributed by atoms with van der Waals surface area (Å²) in [5.41, 5.74) is 6.48. The topological polar surface area (TPSA) is 81.1 Å². The van der Waals surface area contributed by atoms with Crippen molar-refractivity contribution < 1.29 is 4.52 Å². The lowest BCUT2D eigenvalue weighted by atomic mass is 10.1. The predicted octanol–water partition coefficient (Wildman–Crippen LogP) is 1.30. The van der Waals surface area contributed by atoms with Gasteiger partial charge in [0.15, 0.2) is 0 Å². The second-order valence-corrected chi connectivity index (χ2v) is 5.34. The van der Waals surface area contributed by atoms with Gasteiger partial charge in [0.05, 0.1) is 6.54 Å². The molecule has 106 valence electrons. The summed E-state index contributed by atoms with van der Waals surface area (Å²) in [6, 6.07) is 6.15. The highest BCUT2D eigenvalue weighted by Gasteiger charge is 2.29. The summed E-state index contributed by atoms with van der Waals surface area (Å²) in [7, 11) is 0. The van der Waals surface area contributed by atoms with Gasteiger partial charge in [0.25, 0.3) is 0 Å². The molecule has 0 saturated carbocycles. The smallest absolute Gasteiger partial charge is 0.241 e. The third kappa shape index (κ3) is 2.71.